The van der Waals surface area contributed by atoms with Crippen molar-refractivity contribution in [2.45, 2.75) is 10.7 Å². The van der Waals surface area contributed by atoms with Crippen LogP contribution in [0.4, 0.5) is 29.8 Å². The first-order valence-corrected chi connectivity index (χ1v) is 10.4. The van der Waals surface area contributed by atoms with Crippen LogP contribution in [0.2, 0.25) is 0 Å². The molecule has 0 fully saturated rings. The van der Waals surface area contributed by atoms with E-state index in [1.807, 2.05) is 0 Å². The number of ketones is 1. The van der Waals surface area contributed by atoms with E-state index < -0.39 is 23.4 Å². The molecule has 0 saturated carbocycles. The fourth-order valence-electron chi connectivity index (χ4n) is 2.50. The molecule has 0 atom stereocenters. The van der Waals surface area contributed by atoms with E-state index in [-0.39, 0.29) is 22.9 Å². The Balaban J connectivity index is 1.65. The zero-order chi connectivity index (χ0) is 23.6. The van der Waals surface area contributed by atoms with E-state index in [4.69, 9.17) is 5.73 Å². The van der Waals surface area contributed by atoms with Gasteiger partial charge in [-0.05, 0) is 24.3 Å². The van der Waals surface area contributed by atoms with Crippen LogP contribution in [0.5, 0.6) is 5.75 Å². The smallest absolute Gasteiger partial charge is 0.406 e. The third kappa shape index (κ3) is 5.28. The minimum Gasteiger partial charge on any atom is -0.406 e. The summed E-state index contributed by atoms with van der Waals surface area (Å²) in [5.74, 6) is -1.33. The lowest BCUT2D eigenvalue weighted by Gasteiger charge is -2.10. The van der Waals surface area contributed by atoms with Crippen LogP contribution in [-0.4, -0.2) is 37.2 Å². The molecule has 0 radical (unpaired) electrons. The normalized spacial score (nSPS) is 11.4. The number of anilines is 3. The van der Waals surface area contributed by atoms with Crippen LogP contribution >= 0.6 is 23.1 Å². The fraction of sp³-hybridized carbons (Fsp3) is 0.235. The molecule has 0 saturated heterocycles. The second-order valence-electron chi connectivity index (χ2n) is 6.25. The Morgan fingerprint density at radius 2 is 1.84 bits per heavy atom. The van der Waals surface area contributed by atoms with E-state index in [1.54, 1.807) is 0 Å². The van der Waals surface area contributed by atoms with Crippen LogP contribution in [0.15, 0.2) is 38.2 Å². The molecule has 2 aromatic heterocycles. The number of carbonyl (C=O) groups is 1. The zero-order valence-electron chi connectivity index (χ0n) is 16.5. The third-order valence-electron chi connectivity index (χ3n) is 4.06. The van der Waals surface area contributed by atoms with Gasteiger partial charge in [-0.1, -0.05) is 23.1 Å². The number of benzene rings is 1. The Hall–Kier alpha value is -3.33. The maximum absolute atomic E-state index is 12.5. The number of halogens is 3. The lowest BCUT2D eigenvalue weighted by Crippen LogP contribution is -2.41. The number of carbonyl (C=O) groups excluding carboxylic acids is 1. The van der Waals surface area contributed by atoms with Gasteiger partial charge in [-0.3, -0.25) is 18.7 Å². The predicted octanol–water partition coefficient (Wildman–Crippen LogP) is 2.13. The Kier molecular flexibility index (Phi) is 6.59. The highest BCUT2D eigenvalue weighted by atomic mass is 32.2. The van der Waals surface area contributed by atoms with E-state index in [0.717, 1.165) is 44.4 Å². The van der Waals surface area contributed by atoms with Crippen molar-refractivity contribution in [3.05, 3.63) is 50.7 Å². The standard InChI is InChI=1S/C17H15F3N6O4S2/c1-25-12(21)11(13(28)26(2)16(25)29)10(27)7-31-15-24-23-14(32-15)22-8-3-5-9(6-4-8)30-17(18,19)20/h3-6H,7,21H2,1-2H3,(H,22,23). The average Bonchev–Trinajstić information content (AvgIpc) is 3.17. The summed E-state index contributed by atoms with van der Waals surface area (Å²) in [5, 5.41) is 11.0. The number of nitrogens with two attached hydrogens (primary N) is 1. The van der Waals surface area contributed by atoms with Crippen LogP contribution in [-0.2, 0) is 14.1 Å². The van der Waals surface area contributed by atoms with Crippen molar-refractivity contribution < 1.29 is 22.7 Å². The Bertz CT molecular complexity index is 1270. The lowest BCUT2D eigenvalue weighted by atomic mass is 10.2. The largest absolute Gasteiger partial charge is 0.573 e. The Morgan fingerprint density at radius 3 is 2.47 bits per heavy atom. The zero-order valence-corrected chi connectivity index (χ0v) is 18.1. The van der Waals surface area contributed by atoms with Crippen molar-refractivity contribution in [1.82, 2.24) is 19.3 Å². The molecule has 1 aromatic carbocycles. The van der Waals surface area contributed by atoms with Crippen molar-refractivity contribution in [3.8, 4) is 5.75 Å². The molecule has 3 rings (SSSR count). The second kappa shape index (κ2) is 9.04. The first-order valence-electron chi connectivity index (χ1n) is 8.64. The number of hydrogen-bond acceptors (Lipinski definition) is 10. The van der Waals surface area contributed by atoms with Crippen LogP contribution in [0.3, 0.4) is 0 Å². The average molecular weight is 488 g/mol. The number of nitrogens with zero attached hydrogens (tertiary/aromatic N) is 4. The number of thioether (sulfide) groups is 1. The van der Waals surface area contributed by atoms with Crippen LogP contribution in [0.25, 0.3) is 0 Å². The summed E-state index contributed by atoms with van der Waals surface area (Å²) in [6.45, 7) is 0. The molecule has 0 aliphatic heterocycles. The van der Waals surface area contributed by atoms with Gasteiger partial charge in [-0.25, -0.2) is 4.79 Å². The molecule has 3 aromatic rings. The molecule has 32 heavy (non-hydrogen) atoms. The summed E-state index contributed by atoms with van der Waals surface area (Å²) in [5.41, 5.74) is 4.51. The quantitative estimate of drug-likeness (QED) is 0.379. The number of nitrogen functional groups attached to an aromatic ring is 1. The molecule has 3 N–H and O–H groups in total. The molecule has 170 valence electrons. The van der Waals surface area contributed by atoms with Gasteiger partial charge in [0.05, 0.1) is 5.75 Å². The number of nitrogens with one attached hydrogen (secondary N) is 1. The van der Waals surface area contributed by atoms with Crippen molar-refractivity contribution >= 4 is 45.5 Å². The van der Waals surface area contributed by atoms with E-state index in [2.05, 4.69) is 20.3 Å². The van der Waals surface area contributed by atoms with Crippen LogP contribution < -0.4 is 27.0 Å². The number of rotatable bonds is 7. The van der Waals surface area contributed by atoms with E-state index in [1.165, 1.54) is 26.2 Å². The van der Waals surface area contributed by atoms with Gasteiger partial charge in [0.1, 0.15) is 17.1 Å². The SMILES string of the molecule is Cn1c(N)c(C(=O)CSc2nnc(Nc3ccc(OC(F)(F)F)cc3)s2)c(=O)n(C)c1=O. The van der Waals surface area contributed by atoms with Gasteiger partial charge in [-0.15, -0.1) is 23.4 Å². The number of Topliss-reactive ketones (excluding diaryl/α,β-unsaturated/α-hetero) is 1. The summed E-state index contributed by atoms with van der Waals surface area (Å²) in [6.07, 6.45) is -4.78. The second-order valence-corrected chi connectivity index (χ2v) is 8.45. The van der Waals surface area contributed by atoms with Crippen molar-refractivity contribution in [2.24, 2.45) is 14.1 Å². The number of ether oxygens (including phenoxy) is 1. The van der Waals surface area contributed by atoms with E-state index >= 15 is 0 Å². The summed E-state index contributed by atoms with van der Waals surface area (Å²) in [6, 6.07) is 5.03. The maximum Gasteiger partial charge on any atom is 0.573 e. The highest BCUT2D eigenvalue weighted by Gasteiger charge is 2.31. The van der Waals surface area contributed by atoms with Crippen molar-refractivity contribution in [3.63, 3.8) is 0 Å². The van der Waals surface area contributed by atoms with Gasteiger partial charge < -0.3 is 15.8 Å². The number of aromatic nitrogens is 4. The molecule has 0 aliphatic rings. The Labute approximate surface area is 185 Å². The maximum atomic E-state index is 12.5. The van der Waals surface area contributed by atoms with Crippen LogP contribution in [0, 0.1) is 0 Å². The number of alkyl halides is 3. The molecule has 0 amide bonds. The van der Waals surface area contributed by atoms with Gasteiger partial charge in [0.25, 0.3) is 5.56 Å². The van der Waals surface area contributed by atoms with Crippen molar-refractivity contribution in [2.75, 3.05) is 16.8 Å². The summed E-state index contributed by atoms with van der Waals surface area (Å²) < 4.78 is 42.6. The fourth-order valence-corrected chi connectivity index (χ4v) is 4.15. The summed E-state index contributed by atoms with van der Waals surface area (Å²) >= 11 is 2.11. The predicted molar refractivity (Wildman–Crippen MR) is 113 cm³/mol. The lowest BCUT2D eigenvalue weighted by molar-refractivity contribution is -0.274. The topological polar surface area (TPSA) is 134 Å². The third-order valence-corrected chi connectivity index (χ3v) is 6.03. The monoisotopic (exact) mass is 488 g/mol. The van der Waals surface area contributed by atoms with Gasteiger partial charge >= 0.3 is 12.1 Å². The van der Waals surface area contributed by atoms with Crippen molar-refractivity contribution in [1.29, 1.82) is 0 Å². The van der Waals surface area contributed by atoms with Gasteiger partial charge in [0.2, 0.25) is 5.13 Å². The van der Waals surface area contributed by atoms with Gasteiger partial charge in [0, 0.05) is 19.8 Å². The molecule has 10 nitrogen and oxygen atoms in total. The molecule has 0 bridgehead atoms. The van der Waals surface area contributed by atoms with E-state index in [0.29, 0.717) is 15.2 Å². The van der Waals surface area contributed by atoms with Crippen LogP contribution in [0.1, 0.15) is 10.4 Å². The minimum absolute atomic E-state index is 0.171. The summed E-state index contributed by atoms with van der Waals surface area (Å²) in [4.78, 5) is 36.6. The highest BCUT2D eigenvalue weighted by molar-refractivity contribution is 8.01. The molecular weight excluding hydrogens is 473 g/mol. The molecular formula is C17H15F3N6O4S2. The molecule has 0 aliphatic carbocycles. The van der Waals surface area contributed by atoms with Gasteiger partial charge in [0.15, 0.2) is 10.1 Å². The van der Waals surface area contributed by atoms with E-state index in [9.17, 15) is 27.6 Å². The number of hydrogen-bond donors (Lipinski definition) is 2. The molecule has 15 heteroatoms. The summed E-state index contributed by atoms with van der Waals surface area (Å²) in [7, 11) is 2.60. The minimum atomic E-state index is -4.78. The highest BCUT2D eigenvalue weighted by Crippen LogP contribution is 2.29. The first-order chi connectivity index (χ1) is 15.0. The Morgan fingerprint density at radius 1 is 1.19 bits per heavy atom. The molecule has 0 unspecified atom stereocenters. The molecule has 0 spiro atoms. The first kappa shape index (κ1) is 23.3. The van der Waals surface area contributed by atoms with Gasteiger partial charge in [-0.2, -0.15) is 0 Å². The molecule has 2 heterocycles.